The van der Waals surface area contributed by atoms with Gasteiger partial charge in [-0.1, -0.05) is 12.8 Å². The van der Waals surface area contributed by atoms with Crippen molar-refractivity contribution in [3.8, 4) is 0 Å². The minimum Gasteiger partial charge on any atom is -0.464 e. The fraction of sp³-hybridized carbons (Fsp3) is 0.538. The standard InChI is InChI=1S/C13H17N3O5/c1-21-12(17)9-4-5-10(16(19)20)11(15-9)14-8-13(18)6-2-3-7-13/h4-5,18H,2-3,6-8H2,1H3,(H,14,15). The summed E-state index contributed by atoms with van der Waals surface area (Å²) < 4.78 is 4.54. The molecule has 1 aliphatic rings. The van der Waals surface area contributed by atoms with E-state index in [0.717, 1.165) is 12.8 Å². The SMILES string of the molecule is COC(=O)c1ccc([N+](=O)[O-])c(NCC2(O)CCCC2)n1. The minimum absolute atomic E-state index is 0.0241. The van der Waals surface area contributed by atoms with E-state index in [4.69, 9.17) is 0 Å². The van der Waals surface area contributed by atoms with E-state index >= 15 is 0 Å². The normalized spacial score (nSPS) is 16.5. The Morgan fingerprint density at radius 1 is 1.52 bits per heavy atom. The molecule has 0 amide bonds. The summed E-state index contributed by atoms with van der Waals surface area (Å²) in [6, 6.07) is 2.43. The number of aliphatic hydroxyl groups is 1. The Kier molecular flexibility index (Phi) is 4.37. The zero-order chi connectivity index (χ0) is 15.5. The summed E-state index contributed by atoms with van der Waals surface area (Å²) in [6.45, 7) is 0.158. The van der Waals surface area contributed by atoms with Gasteiger partial charge in [-0.25, -0.2) is 9.78 Å². The van der Waals surface area contributed by atoms with Crippen molar-refractivity contribution < 1.29 is 19.6 Å². The van der Waals surface area contributed by atoms with E-state index in [9.17, 15) is 20.0 Å². The molecule has 0 radical (unpaired) electrons. The van der Waals surface area contributed by atoms with Gasteiger partial charge in [-0.05, 0) is 18.9 Å². The zero-order valence-electron chi connectivity index (χ0n) is 11.7. The maximum absolute atomic E-state index is 11.4. The Bertz CT molecular complexity index is 555. The first-order valence-electron chi connectivity index (χ1n) is 6.65. The number of nitrogens with zero attached hydrogens (tertiary/aromatic N) is 2. The van der Waals surface area contributed by atoms with Gasteiger partial charge in [0.05, 0.1) is 17.6 Å². The maximum atomic E-state index is 11.4. The zero-order valence-corrected chi connectivity index (χ0v) is 11.7. The number of ether oxygens (including phenoxy) is 1. The summed E-state index contributed by atoms with van der Waals surface area (Å²) in [7, 11) is 1.21. The van der Waals surface area contributed by atoms with Crippen LogP contribution in [0.25, 0.3) is 0 Å². The molecule has 2 rings (SSSR count). The van der Waals surface area contributed by atoms with Gasteiger partial charge in [0.1, 0.15) is 0 Å². The predicted molar refractivity (Wildman–Crippen MR) is 74.1 cm³/mol. The largest absolute Gasteiger partial charge is 0.464 e. The second-order valence-corrected chi connectivity index (χ2v) is 5.10. The van der Waals surface area contributed by atoms with Gasteiger partial charge in [-0.3, -0.25) is 10.1 Å². The summed E-state index contributed by atoms with van der Waals surface area (Å²) in [4.78, 5) is 25.8. The number of carbonyl (C=O) groups is 1. The molecule has 0 saturated heterocycles. The van der Waals surface area contributed by atoms with Gasteiger partial charge in [0.15, 0.2) is 5.69 Å². The summed E-state index contributed by atoms with van der Waals surface area (Å²) in [5, 5.41) is 24.0. The molecular formula is C13H17N3O5. The molecule has 1 heterocycles. The van der Waals surface area contributed by atoms with Crippen molar-refractivity contribution in [3.63, 3.8) is 0 Å². The lowest BCUT2D eigenvalue weighted by Gasteiger charge is -2.22. The van der Waals surface area contributed by atoms with Gasteiger partial charge in [-0.15, -0.1) is 0 Å². The highest BCUT2D eigenvalue weighted by Crippen LogP contribution is 2.30. The van der Waals surface area contributed by atoms with Crippen molar-refractivity contribution in [2.75, 3.05) is 19.0 Å². The second-order valence-electron chi connectivity index (χ2n) is 5.10. The predicted octanol–water partition coefficient (Wildman–Crippen LogP) is 1.49. The molecule has 0 unspecified atom stereocenters. The molecule has 114 valence electrons. The molecule has 1 aromatic rings. The van der Waals surface area contributed by atoms with Crippen molar-refractivity contribution in [1.82, 2.24) is 4.98 Å². The van der Waals surface area contributed by atoms with Crippen LogP contribution in [0.5, 0.6) is 0 Å². The molecule has 8 nitrogen and oxygen atoms in total. The average molecular weight is 295 g/mol. The van der Waals surface area contributed by atoms with Gasteiger partial charge in [0.25, 0.3) is 0 Å². The monoisotopic (exact) mass is 295 g/mol. The van der Waals surface area contributed by atoms with Crippen molar-refractivity contribution in [3.05, 3.63) is 27.9 Å². The molecule has 8 heteroatoms. The van der Waals surface area contributed by atoms with Crippen molar-refractivity contribution in [2.24, 2.45) is 0 Å². The third-order valence-corrected chi connectivity index (χ3v) is 3.58. The highest BCUT2D eigenvalue weighted by molar-refractivity contribution is 5.88. The van der Waals surface area contributed by atoms with Crippen LogP contribution in [0.15, 0.2) is 12.1 Å². The summed E-state index contributed by atoms with van der Waals surface area (Å²) in [5.41, 5.74) is -1.15. The van der Waals surface area contributed by atoms with Crippen LogP contribution in [0, 0.1) is 10.1 Å². The summed E-state index contributed by atoms with van der Waals surface area (Å²) >= 11 is 0. The van der Waals surface area contributed by atoms with Crippen LogP contribution in [-0.4, -0.2) is 40.2 Å². The number of aromatic nitrogens is 1. The average Bonchev–Trinajstić information content (AvgIpc) is 2.91. The fourth-order valence-electron chi connectivity index (χ4n) is 2.41. The number of hydrogen-bond acceptors (Lipinski definition) is 7. The first kappa shape index (κ1) is 15.2. The Labute approximate surface area is 121 Å². The molecule has 0 aliphatic heterocycles. The Morgan fingerprint density at radius 3 is 2.76 bits per heavy atom. The molecular weight excluding hydrogens is 278 g/mol. The molecule has 0 bridgehead atoms. The van der Waals surface area contributed by atoms with E-state index in [1.165, 1.54) is 19.2 Å². The fourth-order valence-corrected chi connectivity index (χ4v) is 2.41. The van der Waals surface area contributed by atoms with E-state index < -0.39 is 16.5 Å². The highest BCUT2D eigenvalue weighted by Gasteiger charge is 2.32. The third kappa shape index (κ3) is 3.46. The molecule has 0 atom stereocenters. The topological polar surface area (TPSA) is 115 Å². The van der Waals surface area contributed by atoms with Crippen LogP contribution in [0.3, 0.4) is 0 Å². The van der Waals surface area contributed by atoms with Gasteiger partial charge in [-0.2, -0.15) is 0 Å². The molecule has 0 aromatic carbocycles. The van der Waals surface area contributed by atoms with Crippen LogP contribution < -0.4 is 5.32 Å². The first-order valence-corrected chi connectivity index (χ1v) is 6.65. The number of hydrogen-bond donors (Lipinski definition) is 2. The van der Waals surface area contributed by atoms with E-state index in [1.807, 2.05) is 0 Å². The second kappa shape index (κ2) is 6.04. The number of carbonyl (C=O) groups excluding carboxylic acids is 1. The molecule has 1 aromatic heterocycles. The number of pyridine rings is 1. The van der Waals surface area contributed by atoms with Gasteiger partial charge in [0.2, 0.25) is 5.82 Å². The van der Waals surface area contributed by atoms with E-state index in [0.29, 0.717) is 12.8 Å². The van der Waals surface area contributed by atoms with Gasteiger partial charge in [0, 0.05) is 12.6 Å². The minimum atomic E-state index is -0.878. The lowest BCUT2D eigenvalue weighted by molar-refractivity contribution is -0.384. The lowest BCUT2D eigenvalue weighted by Crippen LogP contribution is -2.34. The molecule has 21 heavy (non-hydrogen) atoms. The molecule has 1 aliphatic carbocycles. The van der Waals surface area contributed by atoms with Gasteiger partial charge < -0.3 is 15.2 Å². The number of nitrogens with one attached hydrogen (secondary N) is 1. The third-order valence-electron chi connectivity index (χ3n) is 3.58. The number of nitro groups is 1. The Hall–Kier alpha value is -2.22. The molecule has 1 saturated carbocycles. The van der Waals surface area contributed by atoms with Gasteiger partial charge >= 0.3 is 11.7 Å². The summed E-state index contributed by atoms with van der Waals surface area (Å²) in [6.07, 6.45) is 3.14. The number of anilines is 1. The molecule has 0 spiro atoms. The van der Waals surface area contributed by atoms with Crippen LogP contribution in [0.1, 0.15) is 36.2 Å². The number of esters is 1. The smallest absolute Gasteiger partial charge is 0.356 e. The lowest BCUT2D eigenvalue weighted by atomic mass is 10.0. The van der Waals surface area contributed by atoms with E-state index in [-0.39, 0.29) is 23.7 Å². The summed E-state index contributed by atoms with van der Waals surface area (Å²) in [5.74, 6) is -0.712. The molecule has 1 fully saturated rings. The first-order chi connectivity index (χ1) is 9.95. The van der Waals surface area contributed by atoms with E-state index in [2.05, 4.69) is 15.0 Å². The van der Waals surface area contributed by atoms with Crippen molar-refractivity contribution in [1.29, 1.82) is 0 Å². The maximum Gasteiger partial charge on any atom is 0.356 e. The van der Waals surface area contributed by atoms with E-state index in [1.54, 1.807) is 0 Å². The quantitative estimate of drug-likeness (QED) is 0.480. The van der Waals surface area contributed by atoms with Crippen molar-refractivity contribution >= 4 is 17.5 Å². The Balaban J connectivity index is 2.22. The van der Waals surface area contributed by atoms with Crippen molar-refractivity contribution in [2.45, 2.75) is 31.3 Å². The number of rotatable bonds is 5. The van der Waals surface area contributed by atoms with Crippen LogP contribution in [0.4, 0.5) is 11.5 Å². The number of methoxy groups -OCH3 is 1. The van der Waals surface area contributed by atoms with Crippen LogP contribution in [0.2, 0.25) is 0 Å². The highest BCUT2D eigenvalue weighted by atomic mass is 16.6. The Morgan fingerprint density at radius 2 is 2.19 bits per heavy atom. The van der Waals surface area contributed by atoms with Crippen LogP contribution >= 0.6 is 0 Å². The molecule has 2 N–H and O–H groups in total. The van der Waals surface area contributed by atoms with Crippen LogP contribution in [-0.2, 0) is 4.74 Å².